The zero-order valence-corrected chi connectivity index (χ0v) is 13.3. The molecule has 0 unspecified atom stereocenters. The second-order valence-corrected chi connectivity index (χ2v) is 5.13. The fourth-order valence-corrected chi connectivity index (χ4v) is 2.04. The van der Waals surface area contributed by atoms with Crippen molar-refractivity contribution in [1.82, 2.24) is 5.43 Å². The van der Waals surface area contributed by atoms with Gasteiger partial charge in [0, 0.05) is 17.7 Å². The molecule has 6 nitrogen and oxygen atoms in total. The maximum Gasteiger partial charge on any atom is 0.418 e. The van der Waals surface area contributed by atoms with Gasteiger partial charge in [-0.15, -0.1) is 0 Å². The topological polar surface area (TPSA) is 79.6 Å². The van der Waals surface area contributed by atoms with Gasteiger partial charge in [-0.3, -0.25) is 15.5 Å². The Labute approximate surface area is 145 Å². The molecule has 0 atom stereocenters. The molecule has 25 heavy (non-hydrogen) atoms. The summed E-state index contributed by atoms with van der Waals surface area (Å²) < 4.78 is 38.7. The van der Waals surface area contributed by atoms with Gasteiger partial charge in [0.05, 0.1) is 22.4 Å². The smallest absolute Gasteiger partial charge is 0.331 e. The van der Waals surface area contributed by atoms with Crippen LogP contribution < -0.4 is 10.7 Å². The number of nitro groups is 1. The van der Waals surface area contributed by atoms with Crippen LogP contribution in [0, 0.1) is 10.1 Å². The Balaban J connectivity index is 2.02. The van der Waals surface area contributed by atoms with E-state index in [1.54, 1.807) is 6.07 Å². The number of alkyl halides is 3. The minimum absolute atomic E-state index is 0.108. The van der Waals surface area contributed by atoms with Crippen LogP contribution in [0.4, 0.5) is 24.5 Å². The van der Waals surface area contributed by atoms with Crippen LogP contribution in [0.5, 0.6) is 0 Å². The van der Waals surface area contributed by atoms with Crippen molar-refractivity contribution in [2.45, 2.75) is 6.18 Å². The Bertz CT molecular complexity index is 824. The van der Waals surface area contributed by atoms with Gasteiger partial charge in [0.2, 0.25) is 0 Å². The third-order valence-corrected chi connectivity index (χ3v) is 3.13. The van der Waals surface area contributed by atoms with Crippen LogP contribution in [0.3, 0.4) is 0 Å². The minimum Gasteiger partial charge on any atom is -0.331 e. The summed E-state index contributed by atoms with van der Waals surface area (Å²) in [4.78, 5) is 10.1. The summed E-state index contributed by atoms with van der Waals surface area (Å²) in [7, 11) is 0. The molecule has 2 rings (SSSR count). The van der Waals surface area contributed by atoms with Gasteiger partial charge >= 0.3 is 6.18 Å². The fourth-order valence-electron chi connectivity index (χ4n) is 1.87. The second kappa shape index (κ2) is 7.71. The summed E-state index contributed by atoms with van der Waals surface area (Å²) in [6, 6.07) is 10.5. The zero-order valence-electron chi connectivity index (χ0n) is 12.4. The van der Waals surface area contributed by atoms with Crippen molar-refractivity contribution in [2.24, 2.45) is 5.10 Å². The lowest BCUT2D eigenvalue weighted by molar-refractivity contribution is -0.384. The molecule has 0 fully saturated rings. The molecule has 0 heterocycles. The summed E-state index contributed by atoms with van der Waals surface area (Å²) in [6.45, 7) is 0. The summed E-state index contributed by atoms with van der Waals surface area (Å²) in [5.74, 6) is 0. The Morgan fingerprint density at radius 1 is 1.20 bits per heavy atom. The molecule has 2 aromatic rings. The average molecular weight is 368 g/mol. The molecule has 2 N–H and O–H groups in total. The summed E-state index contributed by atoms with van der Waals surface area (Å²) in [5.41, 5.74) is 1.61. The van der Waals surface area contributed by atoms with Crippen LogP contribution in [0.2, 0.25) is 0 Å². The van der Waals surface area contributed by atoms with E-state index in [0.29, 0.717) is 5.56 Å². The molecular formula is C15H11F3N4O2S. The summed E-state index contributed by atoms with van der Waals surface area (Å²) >= 11 is 4.89. The van der Waals surface area contributed by atoms with Crippen LogP contribution in [0.1, 0.15) is 11.1 Å². The van der Waals surface area contributed by atoms with E-state index in [2.05, 4.69) is 15.8 Å². The molecule has 10 heteroatoms. The number of hydrogen-bond donors (Lipinski definition) is 2. The van der Waals surface area contributed by atoms with E-state index in [4.69, 9.17) is 12.2 Å². The van der Waals surface area contributed by atoms with Crippen LogP contribution in [0.25, 0.3) is 0 Å². The van der Waals surface area contributed by atoms with E-state index in [0.717, 1.165) is 6.07 Å². The zero-order chi connectivity index (χ0) is 18.4. The average Bonchev–Trinajstić information content (AvgIpc) is 2.54. The van der Waals surface area contributed by atoms with Crippen LogP contribution in [-0.4, -0.2) is 16.3 Å². The van der Waals surface area contributed by atoms with E-state index in [9.17, 15) is 23.3 Å². The number of nitrogens with one attached hydrogen (secondary N) is 2. The largest absolute Gasteiger partial charge is 0.418 e. The van der Waals surface area contributed by atoms with Gasteiger partial charge in [-0.05, 0) is 24.4 Å². The molecule has 0 saturated carbocycles. The van der Waals surface area contributed by atoms with Gasteiger partial charge in [-0.2, -0.15) is 18.3 Å². The highest BCUT2D eigenvalue weighted by molar-refractivity contribution is 7.80. The van der Waals surface area contributed by atoms with Gasteiger partial charge in [-0.25, -0.2) is 0 Å². The quantitative estimate of drug-likeness (QED) is 0.370. The highest BCUT2D eigenvalue weighted by Crippen LogP contribution is 2.34. The third-order valence-electron chi connectivity index (χ3n) is 2.94. The van der Waals surface area contributed by atoms with Crippen molar-refractivity contribution >= 4 is 34.9 Å². The van der Waals surface area contributed by atoms with Gasteiger partial charge in [-0.1, -0.05) is 24.3 Å². The molecule has 0 spiro atoms. The highest BCUT2D eigenvalue weighted by atomic mass is 32.1. The number of benzene rings is 2. The molecule has 0 radical (unpaired) electrons. The van der Waals surface area contributed by atoms with E-state index < -0.39 is 16.7 Å². The normalized spacial score (nSPS) is 11.3. The number of nitro benzene ring substituents is 1. The van der Waals surface area contributed by atoms with Crippen molar-refractivity contribution in [3.63, 3.8) is 0 Å². The lowest BCUT2D eigenvalue weighted by atomic mass is 10.2. The van der Waals surface area contributed by atoms with Crippen molar-refractivity contribution in [1.29, 1.82) is 0 Å². The van der Waals surface area contributed by atoms with Gasteiger partial charge in [0.15, 0.2) is 5.11 Å². The number of hydrogen-bond acceptors (Lipinski definition) is 4. The van der Waals surface area contributed by atoms with Crippen molar-refractivity contribution in [2.75, 3.05) is 5.32 Å². The molecule has 0 aromatic heterocycles. The van der Waals surface area contributed by atoms with Crippen molar-refractivity contribution in [3.8, 4) is 0 Å². The Morgan fingerprint density at radius 2 is 1.92 bits per heavy atom. The Kier molecular flexibility index (Phi) is 5.65. The molecule has 0 aliphatic heterocycles. The maximum absolute atomic E-state index is 12.9. The molecule has 0 amide bonds. The number of thiocarbonyl (C=S) groups is 1. The standard InChI is InChI=1S/C15H11F3N4O2S/c16-15(17,18)12-6-1-2-7-13(12)20-14(25)21-19-9-10-4-3-5-11(8-10)22(23)24/h1-9H,(H2,20,21,25)/b19-9-. The third kappa shape index (κ3) is 5.24. The molecule has 0 aliphatic rings. The second-order valence-electron chi connectivity index (χ2n) is 4.72. The number of halogens is 3. The van der Waals surface area contributed by atoms with E-state index in [1.807, 2.05) is 0 Å². The van der Waals surface area contributed by atoms with Crippen LogP contribution in [0.15, 0.2) is 53.6 Å². The van der Waals surface area contributed by atoms with E-state index in [1.165, 1.54) is 42.6 Å². The first-order valence-electron chi connectivity index (χ1n) is 6.78. The number of hydrazone groups is 1. The Morgan fingerprint density at radius 3 is 2.60 bits per heavy atom. The molecule has 2 aromatic carbocycles. The SMILES string of the molecule is O=[N+]([O-])c1cccc(/C=N\NC(=S)Nc2ccccc2C(F)(F)F)c1. The summed E-state index contributed by atoms with van der Waals surface area (Å²) in [6.07, 6.45) is -3.26. The van der Waals surface area contributed by atoms with Crippen molar-refractivity contribution < 1.29 is 18.1 Å². The van der Waals surface area contributed by atoms with Crippen LogP contribution >= 0.6 is 12.2 Å². The molecule has 0 aliphatic carbocycles. The van der Waals surface area contributed by atoms with E-state index >= 15 is 0 Å². The van der Waals surface area contributed by atoms with Crippen molar-refractivity contribution in [3.05, 3.63) is 69.8 Å². The number of non-ortho nitro benzene ring substituents is 1. The molecular weight excluding hydrogens is 357 g/mol. The first-order chi connectivity index (χ1) is 11.8. The predicted octanol–water partition coefficient (Wildman–Crippen LogP) is 3.93. The lowest BCUT2D eigenvalue weighted by Crippen LogP contribution is -2.25. The highest BCUT2D eigenvalue weighted by Gasteiger charge is 2.33. The number of nitrogens with zero attached hydrogens (tertiary/aromatic N) is 2. The minimum atomic E-state index is -4.52. The molecule has 0 saturated heterocycles. The number of rotatable bonds is 4. The van der Waals surface area contributed by atoms with Gasteiger partial charge in [0.25, 0.3) is 5.69 Å². The van der Waals surface area contributed by atoms with Gasteiger partial charge in [0.1, 0.15) is 0 Å². The predicted molar refractivity (Wildman–Crippen MR) is 91.5 cm³/mol. The monoisotopic (exact) mass is 368 g/mol. The van der Waals surface area contributed by atoms with Gasteiger partial charge < -0.3 is 5.32 Å². The maximum atomic E-state index is 12.9. The summed E-state index contributed by atoms with van der Waals surface area (Å²) in [5, 5.41) is 16.7. The van der Waals surface area contributed by atoms with Crippen LogP contribution in [-0.2, 0) is 6.18 Å². The Hall–Kier alpha value is -3.01. The first kappa shape index (κ1) is 18.3. The number of para-hydroxylation sites is 1. The lowest BCUT2D eigenvalue weighted by Gasteiger charge is -2.14. The molecule has 0 bridgehead atoms. The first-order valence-corrected chi connectivity index (χ1v) is 7.19. The van der Waals surface area contributed by atoms with E-state index in [-0.39, 0.29) is 16.5 Å². The fraction of sp³-hybridized carbons (Fsp3) is 0.0667. The number of anilines is 1. The molecule has 130 valence electrons.